The van der Waals surface area contributed by atoms with Gasteiger partial charge in [-0.15, -0.1) is 11.8 Å². The summed E-state index contributed by atoms with van der Waals surface area (Å²) in [5.74, 6) is 0.103. The van der Waals surface area contributed by atoms with Crippen LogP contribution < -0.4 is 4.90 Å². The van der Waals surface area contributed by atoms with E-state index in [1.165, 1.54) is 23.9 Å². The number of aromatic nitrogens is 1. The van der Waals surface area contributed by atoms with E-state index in [-0.39, 0.29) is 17.1 Å². The number of halogens is 1. The summed E-state index contributed by atoms with van der Waals surface area (Å²) in [7, 11) is 0. The molecule has 0 N–H and O–H groups in total. The molecule has 1 aromatic heterocycles. The van der Waals surface area contributed by atoms with E-state index in [1.54, 1.807) is 17.0 Å². The van der Waals surface area contributed by atoms with Gasteiger partial charge in [-0.25, -0.2) is 9.37 Å². The van der Waals surface area contributed by atoms with Crippen molar-refractivity contribution in [1.82, 2.24) is 4.98 Å². The number of rotatable bonds is 2. The Bertz CT molecular complexity index is 882. The van der Waals surface area contributed by atoms with Gasteiger partial charge in [-0.1, -0.05) is 24.3 Å². The molecule has 5 heteroatoms. The molecule has 2 aromatic carbocycles. The van der Waals surface area contributed by atoms with Crippen molar-refractivity contribution in [3.8, 4) is 0 Å². The van der Waals surface area contributed by atoms with Crippen LogP contribution in [0.3, 0.4) is 0 Å². The number of carbonyl (C=O) groups is 1. The van der Waals surface area contributed by atoms with Crippen LogP contribution in [0.2, 0.25) is 0 Å². The van der Waals surface area contributed by atoms with Gasteiger partial charge in [0.2, 0.25) is 5.91 Å². The molecular formula is C18H13FN2OS. The first-order valence-electron chi connectivity index (χ1n) is 7.27. The Hall–Kier alpha value is -2.40. The predicted molar refractivity (Wildman–Crippen MR) is 90.8 cm³/mol. The third-order valence-corrected chi connectivity index (χ3v) is 5.03. The monoisotopic (exact) mass is 324 g/mol. The summed E-state index contributed by atoms with van der Waals surface area (Å²) in [6.45, 7) is 0. The van der Waals surface area contributed by atoms with Crippen molar-refractivity contribution in [3.63, 3.8) is 0 Å². The van der Waals surface area contributed by atoms with Gasteiger partial charge in [0, 0.05) is 11.1 Å². The van der Waals surface area contributed by atoms with Crippen molar-refractivity contribution < 1.29 is 9.18 Å². The topological polar surface area (TPSA) is 33.2 Å². The summed E-state index contributed by atoms with van der Waals surface area (Å²) in [5.41, 5.74) is 2.44. The number of fused-ring (bicyclic) bond motifs is 1. The Morgan fingerprint density at radius 2 is 1.83 bits per heavy atom. The van der Waals surface area contributed by atoms with E-state index in [0.29, 0.717) is 11.4 Å². The maximum atomic E-state index is 13.1. The minimum absolute atomic E-state index is 0.0153. The molecule has 0 unspecified atom stereocenters. The van der Waals surface area contributed by atoms with E-state index >= 15 is 0 Å². The molecule has 0 bridgehead atoms. The van der Waals surface area contributed by atoms with Crippen LogP contribution >= 0.6 is 11.8 Å². The summed E-state index contributed by atoms with van der Waals surface area (Å²) in [5, 5.41) is 0.886. The molecule has 1 aliphatic heterocycles. The van der Waals surface area contributed by atoms with Crippen LogP contribution in [-0.4, -0.2) is 16.6 Å². The zero-order valence-corrected chi connectivity index (χ0v) is 13.0. The fourth-order valence-corrected chi connectivity index (χ4v) is 3.87. The lowest BCUT2D eigenvalue weighted by Crippen LogP contribution is -2.28. The van der Waals surface area contributed by atoms with Crippen LogP contribution in [0, 0.1) is 5.82 Å². The molecule has 1 amide bonds. The molecule has 4 rings (SSSR count). The molecular weight excluding hydrogens is 311 g/mol. The Morgan fingerprint density at radius 1 is 1.04 bits per heavy atom. The normalized spacial score (nSPS) is 17.9. The predicted octanol–water partition coefficient (Wildman–Crippen LogP) is 4.15. The number of nitrogens with zero attached hydrogens (tertiary/aromatic N) is 2. The number of anilines is 1. The second-order valence-corrected chi connectivity index (χ2v) is 6.40. The van der Waals surface area contributed by atoms with E-state index in [4.69, 9.17) is 4.98 Å². The van der Waals surface area contributed by atoms with Gasteiger partial charge in [-0.05, 0) is 36.4 Å². The molecule has 3 nitrogen and oxygen atoms in total. The van der Waals surface area contributed by atoms with Gasteiger partial charge in [0.15, 0.2) is 0 Å². The molecule has 3 aromatic rings. The smallest absolute Gasteiger partial charge is 0.238 e. The first-order chi connectivity index (χ1) is 11.2. The highest BCUT2D eigenvalue weighted by atomic mass is 32.2. The number of para-hydroxylation sites is 1. The third-order valence-electron chi connectivity index (χ3n) is 3.85. The van der Waals surface area contributed by atoms with Gasteiger partial charge in [0.25, 0.3) is 0 Å². The van der Waals surface area contributed by atoms with Gasteiger partial charge in [-0.3, -0.25) is 9.69 Å². The van der Waals surface area contributed by atoms with Crippen LogP contribution in [0.25, 0.3) is 10.9 Å². The Labute approximate surface area is 137 Å². The molecule has 0 saturated carbocycles. The van der Waals surface area contributed by atoms with Crippen molar-refractivity contribution in [2.45, 2.75) is 5.37 Å². The number of carbonyl (C=O) groups excluding carboxylic acids is 1. The molecule has 1 fully saturated rings. The number of hydrogen-bond acceptors (Lipinski definition) is 3. The van der Waals surface area contributed by atoms with Gasteiger partial charge in [0.1, 0.15) is 11.2 Å². The van der Waals surface area contributed by atoms with Crippen molar-refractivity contribution in [2.75, 3.05) is 10.7 Å². The molecule has 2 heterocycles. The Kier molecular flexibility index (Phi) is 3.50. The first kappa shape index (κ1) is 14.2. The van der Waals surface area contributed by atoms with Crippen LogP contribution in [0.5, 0.6) is 0 Å². The number of thioether (sulfide) groups is 1. The van der Waals surface area contributed by atoms with Gasteiger partial charge in [0.05, 0.1) is 17.0 Å². The number of amides is 1. The number of hydrogen-bond donors (Lipinski definition) is 0. The summed E-state index contributed by atoms with van der Waals surface area (Å²) in [6.07, 6.45) is 0. The second kappa shape index (κ2) is 5.66. The quantitative estimate of drug-likeness (QED) is 0.710. The summed E-state index contributed by atoms with van der Waals surface area (Å²) in [4.78, 5) is 18.7. The largest absolute Gasteiger partial charge is 0.293 e. The molecule has 0 radical (unpaired) electrons. The summed E-state index contributed by atoms with van der Waals surface area (Å²) < 4.78 is 13.1. The van der Waals surface area contributed by atoms with Crippen LogP contribution in [0.1, 0.15) is 11.1 Å². The lowest BCUT2D eigenvalue weighted by atomic mass is 10.2. The summed E-state index contributed by atoms with van der Waals surface area (Å²) in [6, 6.07) is 17.9. The van der Waals surface area contributed by atoms with Crippen molar-refractivity contribution in [2.24, 2.45) is 0 Å². The van der Waals surface area contributed by atoms with Gasteiger partial charge >= 0.3 is 0 Å². The van der Waals surface area contributed by atoms with E-state index < -0.39 is 0 Å². The third kappa shape index (κ3) is 2.57. The van der Waals surface area contributed by atoms with E-state index in [9.17, 15) is 9.18 Å². The maximum Gasteiger partial charge on any atom is 0.238 e. The maximum absolute atomic E-state index is 13.1. The fourth-order valence-electron chi connectivity index (χ4n) is 2.74. The zero-order chi connectivity index (χ0) is 15.8. The zero-order valence-electron chi connectivity index (χ0n) is 12.1. The van der Waals surface area contributed by atoms with E-state index in [2.05, 4.69) is 0 Å². The van der Waals surface area contributed by atoms with Crippen molar-refractivity contribution in [3.05, 3.63) is 72.2 Å². The molecule has 114 valence electrons. The first-order valence-corrected chi connectivity index (χ1v) is 8.32. The molecule has 23 heavy (non-hydrogen) atoms. The Balaban J connectivity index is 1.76. The van der Waals surface area contributed by atoms with Crippen molar-refractivity contribution in [1.29, 1.82) is 0 Å². The van der Waals surface area contributed by atoms with E-state index in [0.717, 1.165) is 16.6 Å². The molecule has 1 saturated heterocycles. The Morgan fingerprint density at radius 3 is 2.65 bits per heavy atom. The van der Waals surface area contributed by atoms with Crippen LogP contribution in [0.15, 0.2) is 60.7 Å². The minimum atomic E-state index is -0.312. The van der Waals surface area contributed by atoms with Gasteiger partial charge in [-0.2, -0.15) is 0 Å². The average molecular weight is 324 g/mol. The van der Waals surface area contributed by atoms with Gasteiger partial charge < -0.3 is 0 Å². The fraction of sp³-hybridized carbons (Fsp3) is 0.111. The summed E-state index contributed by atoms with van der Waals surface area (Å²) >= 11 is 1.54. The second-order valence-electron chi connectivity index (χ2n) is 5.33. The lowest BCUT2D eigenvalue weighted by molar-refractivity contribution is -0.115. The molecule has 0 spiro atoms. The molecule has 1 atom stereocenters. The molecule has 1 aliphatic rings. The van der Waals surface area contributed by atoms with Crippen LogP contribution in [0.4, 0.5) is 10.1 Å². The van der Waals surface area contributed by atoms with Crippen molar-refractivity contribution >= 4 is 34.3 Å². The number of benzene rings is 2. The standard InChI is InChI=1S/C18H13FN2OS/c19-13-6-8-14(9-7-13)21-17(22)11-23-18(21)16-10-5-12-3-1-2-4-15(12)20-16/h1-10,18H,11H2/t18-/m0/s1. The minimum Gasteiger partial charge on any atom is -0.293 e. The highest BCUT2D eigenvalue weighted by molar-refractivity contribution is 8.00. The highest BCUT2D eigenvalue weighted by Gasteiger charge is 2.35. The molecule has 0 aliphatic carbocycles. The highest BCUT2D eigenvalue weighted by Crippen LogP contribution is 2.41. The van der Waals surface area contributed by atoms with Crippen LogP contribution in [-0.2, 0) is 4.79 Å². The number of pyridine rings is 1. The SMILES string of the molecule is O=C1CS[C@@H](c2ccc3ccccc3n2)N1c1ccc(F)cc1. The lowest BCUT2D eigenvalue weighted by Gasteiger charge is -2.23. The average Bonchev–Trinajstić information content (AvgIpc) is 2.97. The van der Waals surface area contributed by atoms with E-state index in [1.807, 2.05) is 36.4 Å².